The van der Waals surface area contributed by atoms with E-state index in [-0.39, 0.29) is 17.5 Å². The second-order valence-electron chi connectivity index (χ2n) is 9.56. The maximum Gasteiger partial charge on any atom is 0.260 e. The predicted molar refractivity (Wildman–Crippen MR) is 149 cm³/mol. The summed E-state index contributed by atoms with van der Waals surface area (Å²) in [5.41, 5.74) is 1.13. The van der Waals surface area contributed by atoms with Crippen LogP contribution in [0.3, 0.4) is 0 Å². The van der Waals surface area contributed by atoms with E-state index < -0.39 is 0 Å². The Morgan fingerprint density at radius 3 is 2.69 bits per heavy atom. The minimum absolute atomic E-state index is 0.0845. The number of nitrogens with one attached hydrogen (secondary N) is 2. The third kappa shape index (κ3) is 5.56. The number of hydrogen-bond donors (Lipinski definition) is 2. The van der Waals surface area contributed by atoms with Gasteiger partial charge in [-0.3, -0.25) is 14.2 Å². The van der Waals surface area contributed by atoms with Crippen LogP contribution in [-0.4, -0.2) is 85.0 Å². The van der Waals surface area contributed by atoms with E-state index in [0.717, 1.165) is 0 Å². The van der Waals surface area contributed by atoms with Gasteiger partial charge in [-0.1, -0.05) is 18.2 Å². The zero-order chi connectivity index (χ0) is 27.5. The molecule has 0 aliphatic carbocycles. The molecule has 3 aromatic rings. The quantitative estimate of drug-likeness (QED) is 0.344. The van der Waals surface area contributed by atoms with E-state index in [0.29, 0.717) is 96.5 Å². The Balaban J connectivity index is 1.48. The van der Waals surface area contributed by atoms with Crippen molar-refractivity contribution in [1.82, 2.24) is 24.8 Å². The second kappa shape index (κ2) is 11.6. The number of hydrogen-bond acceptors (Lipinski definition) is 9. The number of benzene rings is 1. The van der Waals surface area contributed by atoms with Crippen LogP contribution in [0.4, 0.5) is 5.95 Å². The first-order valence-electron chi connectivity index (χ1n) is 12.7. The molecule has 2 aliphatic heterocycles. The number of likely N-dealkylation sites (tertiary alicyclic amines) is 1. The number of amides is 1. The van der Waals surface area contributed by atoms with E-state index in [1.807, 2.05) is 0 Å². The van der Waals surface area contributed by atoms with Crippen molar-refractivity contribution in [1.29, 1.82) is 0 Å². The van der Waals surface area contributed by atoms with Crippen molar-refractivity contribution >= 4 is 34.5 Å². The monoisotopic (exact) mass is 554 g/mol. The fraction of sp³-hybridized carbons (Fsp3) is 0.407. The van der Waals surface area contributed by atoms with Gasteiger partial charge in [0, 0.05) is 73.5 Å². The van der Waals surface area contributed by atoms with Gasteiger partial charge in [-0.2, -0.15) is 4.98 Å². The number of carbonyl (C=O) groups excluding carboxylic acids is 1. The van der Waals surface area contributed by atoms with Gasteiger partial charge in [0.1, 0.15) is 17.1 Å². The molecule has 39 heavy (non-hydrogen) atoms. The van der Waals surface area contributed by atoms with Gasteiger partial charge >= 0.3 is 0 Å². The molecule has 2 aromatic heterocycles. The first-order chi connectivity index (χ1) is 18.9. The molecule has 11 nitrogen and oxygen atoms in total. The predicted octanol–water partition coefficient (Wildman–Crippen LogP) is 2.17. The molecule has 0 bridgehead atoms. The van der Waals surface area contributed by atoms with Crippen molar-refractivity contribution in [3.63, 3.8) is 0 Å². The van der Waals surface area contributed by atoms with Crippen molar-refractivity contribution in [2.45, 2.75) is 12.6 Å². The number of carbonyl (C=O) groups is 1. The Hall–Kier alpha value is -3.67. The lowest BCUT2D eigenvalue weighted by molar-refractivity contribution is -0.130. The van der Waals surface area contributed by atoms with Gasteiger partial charge < -0.3 is 29.7 Å². The molecule has 0 atom stereocenters. The Morgan fingerprint density at radius 1 is 1.23 bits per heavy atom. The van der Waals surface area contributed by atoms with E-state index >= 15 is 0 Å². The van der Waals surface area contributed by atoms with Gasteiger partial charge in [0.15, 0.2) is 0 Å². The maximum absolute atomic E-state index is 13.9. The summed E-state index contributed by atoms with van der Waals surface area (Å²) in [6, 6.07) is 5.28. The Morgan fingerprint density at radius 2 is 2.03 bits per heavy atom. The van der Waals surface area contributed by atoms with Gasteiger partial charge in [0.05, 0.1) is 32.5 Å². The van der Waals surface area contributed by atoms with Gasteiger partial charge in [-0.25, -0.2) is 4.98 Å². The summed E-state index contributed by atoms with van der Waals surface area (Å²) in [5.74, 6) is 1.69. The number of anilines is 1. The second-order valence-corrected chi connectivity index (χ2v) is 9.94. The molecule has 0 saturated carbocycles. The standard InChI is InChI=1S/C27H31ClN6O5/c1-4-23(35)33-12-18(13-33)29-5-6-34-25-17(11-31-27(32-25)30-10-16-14-39-15-16)7-21(26(34)36)20-8-19(37-2)9-22(38-3)24(20)28/h4,7-9,11,16,18,29H,1,5-6,10,12-15H2,2-3H3,(H,30,31,32). The number of ether oxygens (including phenoxy) is 3. The molecule has 12 heteroatoms. The van der Waals surface area contributed by atoms with Crippen LogP contribution in [0.1, 0.15) is 0 Å². The van der Waals surface area contributed by atoms with E-state index in [2.05, 4.69) is 22.2 Å². The third-order valence-electron chi connectivity index (χ3n) is 6.98. The first kappa shape index (κ1) is 26.9. The number of methoxy groups -OCH3 is 2. The molecule has 2 N–H and O–H groups in total. The Kier molecular flexibility index (Phi) is 8.01. The zero-order valence-corrected chi connectivity index (χ0v) is 22.7. The number of rotatable bonds is 11. The summed E-state index contributed by atoms with van der Waals surface area (Å²) in [5, 5.41) is 7.66. The lowest BCUT2D eigenvalue weighted by Gasteiger charge is -2.39. The summed E-state index contributed by atoms with van der Waals surface area (Å²) in [7, 11) is 3.05. The summed E-state index contributed by atoms with van der Waals surface area (Å²) < 4.78 is 17.7. The number of aromatic nitrogens is 3. The maximum atomic E-state index is 13.9. The summed E-state index contributed by atoms with van der Waals surface area (Å²) in [6.45, 7) is 7.69. The molecule has 0 radical (unpaired) electrons. The first-order valence-corrected chi connectivity index (χ1v) is 13.1. The molecule has 0 spiro atoms. The van der Waals surface area contributed by atoms with Crippen molar-refractivity contribution in [3.8, 4) is 22.6 Å². The molecule has 1 aromatic carbocycles. The van der Waals surface area contributed by atoms with E-state index in [4.69, 9.17) is 30.8 Å². The van der Waals surface area contributed by atoms with Crippen molar-refractivity contribution in [2.75, 3.05) is 58.9 Å². The highest BCUT2D eigenvalue weighted by molar-refractivity contribution is 6.35. The molecule has 206 valence electrons. The van der Waals surface area contributed by atoms with Gasteiger partial charge in [-0.15, -0.1) is 0 Å². The average Bonchev–Trinajstić information content (AvgIpc) is 2.89. The molecule has 2 aliphatic rings. The van der Waals surface area contributed by atoms with Gasteiger partial charge in [0.2, 0.25) is 11.9 Å². The highest BCUT2D eigenvalue weighted by Crippen LogP contribution is 2.38. The van der Waals surface area contributed by atoms with Crippen LogP contribution in [-0.2, 0) is 16.1 Å². The normalized spacial score (nSPS) is 15.5. The van der Waals surface area contributed by atoms with Crippen molar-refractivity contribution in [3.05, 3.63) is 52.4 Å². The smallest absolute Gasteiger partial charge is 0.260 e. The molecule has 2 saturated heterocycles. The fourth-order valence-electron chi connectivity index (χ4n) is 4.61. The summed E-state index contributed by atoms with van der Waals surface area (Å²) in [4.78, 5) is 36.6. The lowest BCUT2D eigenvalue weighted by Crippen LogP contribution is -2.59. The molecule has 0 unspecified atom stereocenters. The topological polar surface area (TPSA) is 120 Å². The van der Waals surface area contributed by atoms with Gasteiger partial charge in [0.25, 0.3) is 5.56 Å². The lowest BCUT2D eigenvalue weighted by atomic mass is 10.0. The highest BCUT2D eigenvalue weighted by atomic mass is 35.5. The Bertz CT molecular complexity index is 1450. The minimum atomic E-state index is -0.254. The van der Waals surface area contributed by atoms with Crippen LogP contribution in [0.2, 0.25) is 5.02 Å². The third-order valence-corrected chi connectivity index (χ3v) is 7.37. The number of fused-ring (bicyclic) bond motifs is 1. The number of halogens is 1. The average molecular weight is 555 g/mol. The molecule has 1 amide bonds. The van der Waals surface area contributed by atoms with Crippen LogP contribution in [0.15, 0.2) is 41.8 Å². The molecule has 2 fully saturated rings. The number of pyridine rings is 1. The molecular formula is C27H31ClN6O5. The molecule has 4 heterocycles. The van der Waals surface area contributed by atoms with Crippen LogP contribution >= 0.6 is 11.6 Å². The summed E-state index contributed by atoms with van der Waals surface area (Å²) in [6.07, 6.45) is 3.01. The van der Waals surface area contributed by atoms with Crippen LogP contribution < -0.4 is 25.7 Å². The minimum Gasteiger partial charge on any atom is -0.497 e. The van der Waals surface area contributed by atoms with Crippen LogP contribution in [0.5, 0.6) is 11.5 Å². The fourth-order valence-corrected chi connectivity index (χ4v) is 4.90. The van der Waals surface area contributed by atoms with E-state index in [9.17, 15) is 9.59 Å². The SMILES string of the molecule is C=CC(=O)N1CC(NCCn2c(=O)c(-c3cc(OC)cc(OC)c3Cl)cc3cnc(NCC4COC4)nc32)C1. The largest absolute Gasteiger partial charge is 0.497 e. The Labute approximate surface area is 230 Å². The highest BCUT2D eigenvalue weighted by Gasteiger charge is 2.28. The molecular weight excluding hydrogens is 524 g/mol. The van der Waals surface area contributed by atoms with Crippen molar-refractivity contribution in [2.24, 2.45) is 5.92 Å². The number of nitrogens with zero attached hydrogens (tertiary/aromatic N) is 4. The molecule has 5 rings (SSSR count). The van der Waals surface area contributed by atoms with E-state index in [1.54, 1.807) is 41.0 Å². The van der Waals surface area contributed by atoms with Gasteiger partial charge in [-0.05, 0) is 18.2 Å². The zero-order valence-electron chi connectivity index (χ0n) is 21.9. The van der Waals surface area contributed by atoms with Crippen molar-refractivity contribution < 1.29 is 19.0 Å². The van der Waals surface area contributed by atoms with Crippen LogP contribution in [0.25, 0.3) is 22.2 Å². The summed E-state index contributed by atoms with van der Waals surface area (Å²) >= 11 is 6.65. The van der Waals surface area contributed by atoms with Crippen LogP contribution in [0, 0.1) is 5.92 Å². The van der Waals surface area contributed by atoms with E-state index in [1.165, 1.54) is 13.2 Å².